The molecule has 16 heavy (non-hydrogen) atoms. The minimum atomic E-state index is -1.05. The van der Waals surface area contributed by atoms with E-state index >= 15 is 0 Å². The monoisotopic (exact) mass is 231 g/mol. The quantitative estimate of drug-likeness (QED) is 0.635. The highest BCUT2D eigenvalue weighted by Gasteiger charge is 2.24. The first-order valence-corrected chi connectivity index (χ1v) is 4.97. The number of carbonyl (C=O) groups is 3. The number of carboxylic acids is 1. The van der Waals surface area contributed by atoms with Gasteiger partial charge in [-0.1, -0.05) is 13.8 Å². The Bertz CT molecular complexity index is 274. The van der Waals surface area contributed by atoms with Gasteiger partial charge in [-0.2, -0.15) is 0 Å². The van der Waals surface area contributed by atoms with Gasteiger partial charge in [-0.05, 0) is 5.92 Å². The lowest BCUT2D eigenvalue weighted by Gasteiger charge is -2.19. The number of amides is 1. The van der Waals surface area contributed by atoms with Gasteiger partial charge in [-0.15, -0.1) is 0 Å². The van der Waals surface area contributed by atoms with Gasteiger partial charge in [0.15, 0.2) is 0 Å². The largest absolute Gasteiger partial charge is 0.481 e. The first kappa shape index (κ1) is 14.4. The number of hydrogen-bond acceptors (Lipinski definition) is 4. The molecule has 0 radical (unpaired) electrons. The average Bonchev–Trinajstić information content (AvgIpc) is 2.21. The van der Waals surface area contributed by atoms with E-state index in [9.17, 15) is 14.4 Å². The van der Waals surface area contributed by atoms with Crippen molar-refractivity contribution < 1.29 is 24.2 Å². The highest BCUT2D eigenvalue weighted by atomic mass is 16.5. The number of methoxy groups -OCH3 is 1. The minimum absolute atomic E-state index is 0.110. The minimum Gasteiger partial charge on any atom is -0.481 e. The molecule has 0 fully saturated rings. The maximum Gasteiger partial charge on any atom is 0.328 e. The number of carboxylic acid groups (broad SMARTS) is 1. The number of ether oxygens (including phenoxy) is 1. The summed E-state index contributed by atoms with van der Waals surface area (Å²) in [5.41, 5.74) is 0. The number of aliphatic carboxylic acids is 1. The van der Waals surface area contributed by atoms with Crippen molar-refractivity contribution in [2.24, 2.45) is 5.92 Å². The number of esters is 1. The Hall–Kier alpha value is -1.59. The number of nitrogens with one attached hydrogen (secondary N) is 1. The molecule has 0 spiro atoms. The van der Waals surface area contributed by atoms with Crippen molar-refractivity contribution in [1.29, 1.82) is 0 Å². The zero-order chi connectivity index (χ0) is 12.7. The Labute approximate surface area is 94.0 Å². The molecule has 2 N–H and O–H groups in total. The molecule has 0 saturated carbocycles. The Morgan fingerprint density at radius 1 is 1.25 bits per heavy atom. The number of carbonyl (C=O) groups excluding carboxylic acids is 2. The van der Waals surface area contributed by atoms with Gasteiger partial charge >= 0.3 is 11.9 Å². The summed E-state index contributed by atoms with van der Waals surface area (Å²) in [6.45, 7) is 3.53. The lowest BCUT2D eigenvalue weighted by atomic mass is 10.0. The number of rotatable bonds is 6. The molecule has 6 heteroatoms. The molecular weight excluding hydrogens is 214 g/mol. The van der Waals surface area contributed by atoms with E-state index in [4.69, 9.17) is 5.11 Å². The van der Waals surface area contributed by atoms with E-state index in [1.54, 1.807) is 13.8 Å². The van der Waals surface area contributed by atoms with E-state index in [2.05, 4.69) is 10.1 Å². The predicted molar refractivity (Wildman–Crippen MR) is 55.7 cm³/mol. The van der Waals surface area contributed by atoms with Gasteiger partial charge in [-0.25, -0.2) is 4.79 Å². The topological polar surface area (TPSA) is 92.7 Å². The molecule has 0 rings (SSSR count). The highest BCUT2D eigenvalue weighted by Crippen LogP contribution is 2.04. The van der Waals surface area contributed by atoms with E-state index in [-0.39, 0.29) is 18.8 Å². The van der Waals surface area contributed by atoms with Crippen LogP contribution in [-0.4, -0.2) is 36.1 Å². The molecule has 1 amide bonds. The van der Waals surface area contributed by atoms with Crippen molar-refractivity contribution in [2.45, 2.75) is 32.7 Å². The molecule has 0 bridgehead atoms. The molecule has 0 aliphatic rings. The number of hydrogen-bond donors (Lipinski definition) is 2. The van der Waals surface area contributed by atoms with Crippen molar-refractivity contribution in [2.75, 3.05) is 7.11 Å². The summed E-state index contributed by atoms with van der Waals surface area (Å²) in [7, 11) is 1.24. The molecule has 0 heterocycles. The Morgan fingerprint density at radius 2 is 1.81 bits per heavy atom. The summed E-state index contributed by atoms with van der Waals surface area (Å²) in [6, 6.07) is -0.730. The molecule has 1 unspecified atom stereocenters. The fourth-order valence-electron chi connectivity index (χ4n) is 1.09. The van der Waals surface area contributed by atoms with Gasteiger partial charge < -0.3 is 15.2 Å². The summed E-state index contributed by atoms with van der Waals surface area (Å²) < 4.78 is 4.53. The predicted octanol–water partition coefficient (Wildman–Crippen LogP) is 0.165. The molecule has 1 atom stereocenters. The van der Waals surface area contributed by atoms with E-state index < -0.39 is 23.9 Å². The van der Waals surface area contributed by atoms with Crippen LogP contribution >= 0.6 is 0 Å². The van der Waals surface area contributed by atoms with Gasteiger partial charge in [0, 0.05) is 6.42 Å². The first-order valence-electron chi connectivity index (χ1n) is 4.97. The van der Waals surface area contributed by atoms with Crippen LogP contribution in [-0.2, 0) is 19.1 Å². The van der Waals surface area contributed by atoms with Crippen molar-refractivity contribution in [3.8, 4) is 0 Å². The van der Waals surface area contributed by atoms with Crippen LogP contribution in [0.3, 0.4) is 0 Å². The fraction of sp³-hybridized carbons (Fsp3) is 0.700. The Balaban J connectivity index is 4.24. The summed E-state index contributed by atoms with van der Waals surface area (Å²) in [5, 5.41) is 10.8. The van der Waals surface area contributed by atoms with Crippen LogP contribution < -0.4 is 5.32 Å². The van der Waals surface area contributed by atoms with Gasteiger partial charge in [0.05, 0.1) is 13.5 Å². The van der Waals surface area contributed by atoms with Crippen molar-refractivity contribution >= 4 is 17.8 Å². The zero-order valence-corrected chi connectivity index (χ0v) is 9.65. The van der Waals surface area contributed by atoms with Crippen molar-refractivity contribution in [3.05, 3.63) is 0 Å². The van der Waals surface area contributed by atoms with Crippen LogP contribution in [0.15, 0.2) is 0 Å². The Kier molecular flexibility index (Phi) is 6.14. The van der Waals surface area contributed by atoms with E-state index in [0.717, 1.165) is 0 Å². The second-order valence-corrected chi connectivity index (χ2v) is 3.71. The van der Waals surface area contributed by atoms with E-state index in [1.165, 1.54) is 7.11 Å². The molecule has 0 aromatic heterocycles. The van der Waals surface area contributed by atoms with E-state index in [0.29, 0.717) is 0 Å². The van der Waals surface area contributed by atoms with Gasteiger partial charge in [-0.3, -0.25) is 9.59 Å². The summed E-state index contributed by atoms with van der Waals surface area (Å²) >= 11 is 0. The lowest BCUT2D eigenvalue weighted by molar-refractivity contribution is -0.146. The van der Waals surface area contributed by atoms with Crippen molar-refractivity contribution in [1.82, 2.24) is 5.32 Å². The highest BCUT2D eigenvalue weighted by molar-refractivity contribution is 5.86. The SMILES string of the molecule is COC(=O)C(NC(=O)CCC(=O)O)C(C)C. The van der Waals surface area contributed by atoms with Gasteiger partial charge in [0.1, 0.15) is 6.04 Å². The smallest absolute Gasteiger partial charge is 0.328 e. The normalized spacial score (nSPS) is 12.0. The van der Waals surface area contributed by atoms with Gasteiger partial charge in [0.25, 0.3) is 0 Å². The van der Waals surface area contributed by atoms with Crippen LogP contribution in [0.5, 0.6) is 0 Å². The Morgan fingerprint density at radius 3 is 2.19 bits per heavy atom. The standard InChI is InChI=1S/C10H17NO5/c1-6(2)9(10(15)16-3)11-7(12)4-5-8(13)14/h6,9H,4-5H2,1-3H3,(H,11,12)(H,13,14). The molecule has 0 aromatic carbocycles. The molecule has 0 aliphatic heterocycles. The first-order chi connectivity index (χ1) is 7.38. The average molecular weight is 231 g/mol. The van der Waals surface area contributed by atoms with Crippen LogP contribution in [0.25, 0.3) is 0 Å². The third-order valence-electron chi connectivity index (χ3n) is 2.00. The van der Waals surface area contributed by atoms with Crippen molar-refractivity contribution in [3.63, 3.8) is 0 Å². The van der Waals surface area contributed by atoms with Gasteiger partial charge in [0.2, 0.25) is 5.91 Å². The third-order valence-corrected chi connectivity index (χ3v) is 2.00. The maximum atomic E-state index is 11.3. The molecular formula is C10H17NO5. The van der Waals surface area contributed by atoms with Crippen LogP contribution in [0.1, 0.15) is 26.7 Å². The van der Waals surface area contributed by atoms with Crippen LogP contribution in [0, 0.1) is 5.92 Å². The summed E-state index contributed by atoms with van der Waals surface area (Å²) in [6.07, 6.45) is -0.395. The zero-order valence-electron chi connectivity index (χ0n) is 9.65. The van der Waals surface area contributed by atoms with Crippen LogP contribution in [0.4, 0.5) is 0 Å². The third kappa shape index (κ3) is 5.33. The molecule has 0 saturated heterocycles. The molecule has 92 valence electrons. The summed E-state index contributed by atoms with van der Waals surface area (Å²) in [4.78, 5) is 32.8. The fourth-order valence-corrected chi connectivity index (χ4v) is 1.09. The second-order valence-electron chi connectivity index (χ2n) is 3.71. The van der Waals surface area contributed by atoms with E-state index in [1.807, 2.05) is 0 Å². The molecule has 6 nitrogen and oxygen atoms in total. The maximum absolute atomic E-state index is 11.3. The molecule has 0 aliphatic carbocycles. The summed E-state index contributed by atoms with van der Waals surface area (Å²) in [5.74, 6) is -2.15. The van der Waals surface area contributed by atoms with Crippen LogP contribution in [0.2, 0.25) is 0 Å². The lowest BCUT2D eigenvalue weighted by Crippen LogP contribution is -2.45. The second kappa shape index (κ2) is 6.81. The molecule has 0 aromatic rings.